The topological polar surface area (TPSA) is 58.7 Å². The maximum absolute atomic E-state index is 14.0. The van der Waals surface area contributed by atoms with Crippen LogP contribution in [0.1, 0.15) is 30.7 Å². The zero-order chi connectivity index (χ0) is 21.4. The summed E-state index contributed by atoms with van der Waals surface area (Å²) < 4.78 is 26.2. The lowest BCUT2D eigenvalue weighted by Crippen LogP contribution is -2.45. The number of fused-ring (bicyclic) bond motifs is 2. The first-order valence-electron chi connectivity index (χ1n) is 10.6. The number of β-amino-alcohol motifs (C(OH)–C–C–N with tert-alkyl or cyclic N) is 1. The first-order valence-corrected chi connectivity index (χ1v) is 11.5. The molecule has 0 radical (unpaired) electrons. The van der Waals surface area contributed by atoms with Gasteiger partial charge in [-0.1, -0.05) is 12.1 Å². The molecular formula is C24H25FN2O3S. The van der Waals surface area contributed by atoms with Gasteiger partial charge in [0.2, 0.25) is 0 Å². The van der Waals surface area contributed by atoms with Crippen molar-refractivity contribution in [1.82, 2.24) is 9.88 Å². The molecular weight excluding hydrogens is 415 g/mol. The van der Waals surface area contributed by atoms with Crippen LogP contribution in [0, 0.1) is 5.82 Å². The van der Waals surface area contributed by atoms with Crippen molar-refractivity contribution in [1.29, 1.82) is 0 Å². The molecule has 5 nitrogen and oxygen atoms in total. The van der Waals surface area contributed by atoms with Gasteiger partial charge in [-0.15, -0.1) is 11.3 Å². The minimum absolute atomic E-state index is 0.230. The zero-order valence-electron chi connectivity index (χ0n) is 17.3. The van der Waals surface area contributed by atoms with Crippen molar-refractivity contribution in [2.24, 2.45) is 0 Å². The monoisotopic (exact) mass is 440 g/mol. The number of nitrogens with zero attached hydrogens (tertiary/aromatic N) is 2. The quantitative estimate of drug-likeness (QED) is 0.447. The van der Waals surface area contributed by atoms with E-state index >= 15 is 0 Å². The lowest BCUT2D eigenvalue weighted by Gasteiger charge is -2.38. The zero-order valence-corrected chi connectivity index (χ0v) is 18.1. The SMILES string of the molecule is C[C@H]1C[C@@H](c2nc3c(F)cccc3s2)CCN1C[C@H](O)COc1cccc2occc12. The van der Waals surface area contributed by atoms with Gasteiger partial charge in [0.25, 0.3) is 0 Å². The normalized spacial score (nSPS) is 21.0. The number of para-hydroxylation sites is 1. The molecule has 1 aliphatic rings. The Morgan fingerprint density at radius 2 is 2.16 bits per heavy atom. The van der Waals surface area contributed by atoms with E-state index in [4.69, 9.17) is 9.15 Å². The minimum atomic E-state index is -0.585. The Labute approximate surface area is 184 Å². The standard InChI is InChI=1S/C24H25FN2O3S/c1-15-12-16(24-26-23-19(25)4-2-7-22(23)31-24)8-10-27(15)13-17(28)14-30-21-6-3-5-20-18(21)9-11-29-20/h2-7,9,11,15-17,28H,8,10,12-14H2,1H3/t15-,16-,17-/m0/s1. The number of aliphatic hydroxyl groups is 1. The van der Waals surface area contributed by atoms with Crippen LogP contribution < -0.4 is 4.74 Å². The average Bonchev–Trinajstić information content (AvgIpc) is 3.41. The van der Waals surface area contributed by atoms with Crippen LogP contribution in [0.2, 0.25) is 0 Å². The van der Waals surface area contributed by atoms with Crippen molar-refractivity contribution in [2.45, 2.75) is 37.8 Å². The Balaban J connectivity index is 1.18. The third-order valence-corrected chi connectivity index (χ3v) is 7.26. The third-order valence-electron chi connectivity index (χ3n) is 6.08. The Morgan fingerprint density at radius 3 is 3.00 bits per heavy atom. The van der Waals surface area contributed by atoms with Gasteiger partial charge in [-0.25, -0.2) is 9.37 Å². The maximum Gasteiger partial charge on any atom is 0.150 e. The summed E-state index contributed by atoms with van der Waals surface area (Å²) in [7, 11) is 0. The molecule has 0 amide bonds. The minimum Gasteiger partial charge on any atom is -0.490 e. The summed E-state index contributed by atoms with van der Waals surface area (Å²) in [4.78, 5) is 6.89. The predicted octanol–water partition coefficient (Wildman–Crippen LogP) is 5.19. The van der Waals surface area contributed by atoms with Crippen LogP contribution in [0.4, 0.5) is 4.39 Å². The molecule has 162 valence electrons. The second-order valence-electron chi connectivity index (χ2n) is 8.26. The lowest BCUT2D eigenvalue weighted by molar-refractivity contribution is 0.0405. The average molecular weight is 441 g/mol. The molecule has 1 fully saturated rings. The van der Waals surface area contributed by atoms with Crippen molar-refractivity contribution in [2.75, 3.05) is 19.7 Å². The first kappa shape index (κ1) is 20.4. The van der Waals surface area contributed by atoms with E-state index in [-0.39, 0.29) is 12.4 Å². The van der Waals surface area contributed by atoms with Crippen LogP contribution in [0.25, 0.3) is 21.2 Å². The van der Waals surface area contributed by atoms with E-state index < -0.39 is 6.10 Å². The van der Waals surface area contributed by atoms with Crippen LogP contribution in [0.3, 0.4) is 0 Å². The van der Waals surface area contributed by atoms with Crippen LogP contribution in [-0.2, 0) is 0 Å². The Hall–Kier alpha value is -2.48. The van der Waals surface area contributed by atoms with E-state index in [9.17, 15) is 9.50 Å². The van der Waals surface area contributed by atoms with E-state index in [1.807, 2.05) is 30.3 Å². The van der Waals surface area contributed by atoms with Crippen molar-refractivity contribution in [3.05, 3.63) is 59.6 Å². The molecule has 2 aromatic heterocycles. The van der Waals surface area contributed by atoms with Gasteiger partial charge in [-0.05, 0) is 56.6 Å². The number of likely N-dealkylation sites (tertiary alicyclic amines) is 1. The lowest BCUT2D eigenvalue weighted by atomic mass is 9.92. The highest BCUT2D eigenvalue weighted by Crippen LogP contribution is 2.36. The molecule has 3 atom stereocenters. The number of rotatable bonds is 6. The van der Waals surface area contributed by atoms with Gasteiger partial charge in [-0.2, -0.15) is 0 Å². The number of hydrogen-bond acceptors (Lipinski definition) is 6. The van der Waals surface area contributed by atoms with E-state index in [0.717, 1.165) is 45.8 Å². The molecule has 1 aliphatic heterocycles. The summed E-state index contributed by atoms with van der Waals surface area (Å²) in [6.45, 7) is 3.84. The molecule has 1 saturated heterocycles. The smallest absolute Gasteiger partial charge is 0.150 e. The molecule has 2 aromatic carbocycles. The van der Waals surface area contributed by atoms with Crippen LogP contribution in [-0.4, -0.2) is 46.8 Å². The van der Waals surface area contributed by atoms with E-state index in [1.165, 1.54) is 6.07 Å². The fraction of sp³-hybridized carbons (Fsp3) is 0.375. The molecule has 5 rings (SSSR count). The number of aromatic nitrogens is 1. The van der Waals surface area contributed by atoms with Gasteiger partial charge >= 0.3 is 0 Å². The molecule has 3 heterocycles. The second kappa shape index (κ2) is 8.57. The largest absolute Gasteiger partial charge is 0.490 e. The van der Waals surface area contributed by atoms with Crippen LogP contribution in [0.5, 0.6) is 5.75 Å². The molecule has 0 unspecified atom stereocenters. The fourth-order valence-electron chi connectivity index (χ4n) is 4.42. The van der Waals surface area contributed by atoms with Crippen LogP contribution in [0.15, 0.2) is 53.1 Å². The first-order chi connectivity index (χ1) is 15.1. The van der Waals surface area contributed by atoms with Gasteiger partial charge < -0.3 is 14.3 Å². The summed E-state index contributed by atoms with van der Waals surface area (Å²) in [5.41, 5.74) is 1.26. The van der Waals surface area contributed by atoms with Gasteiger partial charge in [0.1, 0.15) is 35.4 Å². The number of ether oxygens (including phenoxy) is 1. The molecule has 7 heteroatoms. The Bertz CT molecular complexity index is 1190. The molecule has 31 heavy (non-hydrogen) atoms. The number of thiazole rings is 1. The summed E-state index contributed by atoms with van der Waals surface area (Å²) in [6, 6.07) is 13.0. The van der Waals surface area contributed by atoms with Gasteiger partial charge in [-0.3, -0.25) is 4.90 Å². The van der Waals surface area contributed by atoms with Crippen molar-refractivity contribution in [3.8, 4) is 5.75 Å². The van der Waals surface area contributed by atoms with Crippen molar-refractivity contribution < 1.29 is 18.7 Å². The summed E-state index contributed by atoms with van der Waals surface area (Å²) in [6.07, 6.45) is 2.95. The highest BCUT2D eigenvalue weighted by molar-refractivity contribution is 7.18. The maximum atomic E-state index is 14.0. The number of furan rings is 1. The summed E-state index contributed by atoms with van der Waals surface area (Å²) in [5, 5.41) is 12.5. The van der Waals surface area contributed by atoms with E-state index in [0.29, 0.717) is 24.0 Å². The highest BCUT2D eigenvalue weighted by atomic mass is 32.1. The second-order valence-corrected chi connectivity index (χ2v) is 9.32. The van der Waals surface area contributed by atoms with Gasteiger partial charge in [0.15, 0.2) is 0 Å². The summed E-state index contributed by atoms with van der Waals surface area (Å²) >= 11 is 1.60. The number of hydrogen-bond donors (Lipinski definition) is 1. The van der Waals surface area contributed by atoms with Gasteiger partial charge in [0, 0.05) is 18.5 Å². The number of piperidine rings is 1. The molecule has 1 N–H and O–H groups in total. The van der Waals surface area contributed by atoms with Gasteiger partial charge in [0.05, 0.1) is 21.4 Å². The van der Waals surface area contributed by atoms with E-state index in [1.54, 1.807) is 23.7 Å². The number of halogens is 1. The predicted molar refractivity (Wildman–Crippen MR) is 120 cm³/mol. The molecule has 0 saturated carbocycles. The fourth-order valence-corrected chi connectivity index (χ4v) is 5.55. The number of benzene rings is 2. The molecule has 0 bridgehead atoms. The van der Waals surface area contributed by atoms with Crippen molar-refractivity contribution in [3.63, 3.8) is 0 Å². The molecule has 4 aromatic rings. The van der Waals surface area contributed by atoms with Crippen LogP contribution >= 0.6 is 11.3 Å². The molecule has 0 spiro atoms. The molecule has 0 aliphatic carbocycles. The van der Waals surface area contributed by atoms with Crippen molar-refractivity contribution >= 4 is 32.5 Å². The Morgan fingerprint density at radius 1 is 1.29 bits per heavy atom. The van der Waals surface area contributed by atoms with E-state index in [2.05, 4.69) is 16.8 Å². The number of aliphatic hydroxyl groups excluding tert-OH is 1. The summed E-state index contributed by atoms with van der Waals surface area (Å²) in [5.74, 6) is 0.801. The Kier molecular flexibility index (Phi) is 5.65. The third kappa shape index (κ3) is 4.18. The highest BCUT2D eigenvalue weighted by Gasteiger charge is 2.29.